The summed E-state index contributed by atoms with van der Waals surface area (Å²) in [6.45, 7) is 3.21. The normalized spacial score (nSPS) is 16.5. The summed E-state index contributed by atoms with van der Waals surface area (Å²) in [6, 6.07) is 23.2. The van der Waals surface area contributed by atoms with E-state index in [1.165, 1.54) is 7.11 Å². The van der Waals surface area contributed by atoms with Crippen molar-refractivity contribution in [2.75, 3.05) is 39.3 Å². The van der Waals surface area contributed by atoms with E-state index in [0.29, 0.717) is 31.7 Å². The molecule has 8 heteroatoms. The second kappa shape index (κ2) is 11.4. The summed E-state index contributed by atoms with van der Waals surface area (Å²) >= 11 is 0. The molecule has 3 aromatic rings. The predicted molar refractivity (Wildman–Crippen MR) is 147 cm³/mol. The van der Waals surface area contributed by atoms with Gasteiger partial charge in [-0.05, 0) is 60.7 Å². The van der Waals surface area contributed by atoms with Gasteiger partial charge in [0.25, 0.3) is 7.52 Å². The van der Waals surface area contributed by atoms with Crippen molar-refractivity contribution in [2.24, 2.45) is 0 Å². The van der Waals surface area contributed by atoms with Crippen LogP contribution in [0.5, 0.6) is 11.5 Å². The van der Waals surface area contributed by atoms with Crippen LogP contribution in [0, 0.1) is 6.92 Å². The first-order valence-corrected chi connectivity index (χ1v) is 14.2. The Hall–Kier alpha value is -3.28. The van der Waals surface area contributed by atoms with Crippen molar-refractivity contribution in [3.05, 3.63) is 89.5 Å². The summed E-state index contributed by atoms with van der Waals surface area (Å²) in [4.78, 5) is 16.3. The van der Waals surface area contributed by atoms with Gasteiger partial charge in [0, 0.05) is 20.2 Å². The zero-order valence-corrected chi connectivity index (χ0v) is 22.8. The molecule has 4 rings (SSSR count). The zero-order valence-electron chi connectivity index (χ0n) is 21.9. The Bertz CT molecular complexity index is 1290. The Labute approximate surface area is 219 Å². The maximum Gasteiger partial charge on any atom is 0.300 e. The quantitative estimate of drug-likeness (QED) is 0.363. The Kier molecular flexibility index (Phi) is 8.25. The van der Waals surface area contributed by atoms with Crippen molar-refractivity contribution in [3.63, 3.8) is 0 Å². The van der Waals surface area contributed by atoms with Gasteiger partial charge in [-0.3, -0.25) is 14.4 Å². The van der Waals surface area contributed by atoms with Gasteiger partial charge in [0.15, 0.2) is 0 Å². The van der Waals surface area contributed by atoms with E-state index in [4.69, 9.17) is 14.0 Å². The summed E-state index contributed by atoms with van der Waals surface area (Å²) < 4.78 is 30.3. The number of aryl methyl sites for hydroxylation is 1. The minimum atomic E-state index is -3.50. The summed E-state index contributed by atoms with van der Waals surface area (Å²) in [7, 11) is 1.16. The first-order valence-electron chi connectivity index (χ1n) is 12.4. The van der Waals surface area contributed by atoms with E-state index in [-0.39, 0.29) is 12.1 Å². The Morgan fingerprint density at radius 3 is 2.32 bits per heavy atom. The van der Waals surface area contributed by atoms with Crippen molar-refractivity contribution >= 4 is 19.1 Å². The summed E-state index contributed by atoms with van der Waals surface area (Å²) in [5.74, 6) is 1.17. The molecule has 1 N–H and O–H groups in total. The average Bonchev–Trinajstić information content (AvgIpc) is 2.94. The summed E-state index contributed by atoms with van der Waals surface area (Å²) in [5.41, 5.74) is 2.82. The van der Waals surface area contributed by atoms with Crippen molar-refractivity contribution in [1.82, 2.24) is 5.09 Å². The number of methoxy groups -OCH3 is 2. The lowest BCUT2D eigenvalue weighted by atomic mass is 9.72. The fraction of sp³-hybridized carbons (Fsp3) is 0.345. The molecule has 1 aliphatic heterocycles. The molecule has 1 amide bonds. The molecular weight excluding hydrogens is 487 g/mol. The third kappa shape index (κ3) is 5.68. The molecule has 1 fully saturated rings. The van der Waals surface area contributed by atoms with Gasteiger partial charge in [-0.1, -0.05) is 48.5 Å². The number of benzene rings is 3. The molecule has 3 aromatic carbocycles. The number of nitrogens with zero attached hydrogens (tertiary/aromatic N) is 1. The maximum absolute atomic E-state index is 14.1. The fourth-order valence-electron chi connectivity index (χ4n) is 5.01. The lowest BCUT2D eigenvalue weighted by molar-refractivity contribution is -0.126. The molecule has 1 unspecified atom stereocenters. The van der Waals surface area contributed by atoms with Gasteiger partial charge in [-0.25, -0.2) is 0 Å². The van der Waals surface area contributed by atoms with Gasteiger partial charge in [0.1, 0.15) is 11.5 Å². The van der Waals surface area contributed by atoms with Crippen LogP contribution < -0.4 is 19.5 Å². The second-order valence-corrected chi connectivity index (χ2v) is 11.6. The van der Waals surface area contributed by atoms with Crippen LogP contribution in [-0.2, 0) is 25.5 Å². The van der Waals surface area contributed by atoms with Gasteiger partial charge in [0.05, 0.1) is 31.5 Å². The molecule has 0 aromatic heterocycles. The molecule has 0 spiro atoms. The highest BCUT2D eigenvalue weighted by Crippen LogP contribution is 2.48. The number of carbonyl (C=O) groups is 1. The van der Waals surface area contributed by atoms with Crippen molar-refractivity contribution < 1.29 is 23.4 Å². The van der Waals surface area contributed by atoms with Gasteiger partial charge < -0.3 is 18.9 Å². The van der Waals surface area contributed by atoms with Crippen LogP contribution >= 0.6 is 7.52 Å². The van der Waals surface area contributed by atoms with Gasteiger partial charge >= 0.3 is 0 Å². The lowest BCUT2D eigenvalue weighted by Crippen LogP contribution is -2.51. The van der Waals surface area contributed by atoms with E-state index in [1.54, 1.807) is 14.2 Å². The van der Waals surface area contributed by atoms with Gasteiger partial charge in [-0.15, -0.1) is 0 Å². The number of rotatable bonds is 9. The van der Waals surface area contributed by atoms with E-state index in [0.717, 1.165) is 28.1 Å². The third-order valence-electron chi connectivity index (χ3n) is 7.31. The number of carbonyl (C=O) groups excluding carboxylic acids is 1. The van der Waals surface area contributed by atoms with Crippen molar-refractivity contribution in [3.8, 4) is 11.5 Å². The SMILES string of the molecule is COc1cccc(C2(C(=O)NP(=O)(Cc3ccccc3C)OC)CCN(c3ccccc3OC)CC2)c1. The smallest absolute Gasteiger partial charge is 0.300 e. The summed E-state index contributed by atoms with van der Waals surface area (Å²) in [6.07, 6.45) is 1.18. The number of amides is 1. The zero-order chi connectivity index (χ0) is 26.5. The number of anilines is 1. The molecule has 37 heavy (non-hydrogen) atoms. The standard InChI is InChI=1S/C29H35N2O5P/c1-22-10-5-6-11-23(22)21-37(33,36-4)30-28(32)29(24-12-9-13-25(20-24)34-2)16-18-31(19-17-29)26-14-7-8-15-27(26)35-3/h5-15,20H,16-19,21H2,1-4H3,(H,30,32,33). The molecule has 0 radical (unpaired) electrons. The molecule has 0 saturated carbocycles. The molecule has 0 aliphatic carbocycles. The Balaban J connectivity index is 1.65. The summed E-state index contributed by atoms with van der Waals surface area (Å²) in [5, 5.41) is 2.85. The van der Waals surface area contributed by atoms with Crippen LogP contribution in [-0.4, -0.2) is 40.3 Å². The number of piperidine rings is 1. The molecule has 196 valence electrons. The minimum Gasteiger partial charge on any atom is -0.497 e. The lowest BCUT2D eigenvalue weighted by Gasteiger charge is -2.42. The molecule has 1 heterocycles. The number of hydrogen-bond donors (Lipinski definition) is 1. The topological polar surface area (TPSA) is 77.1 Å². The molecular formula is C29H35N2O5P. The second-order valence-electron chi connectivity index (χ2n) is 9.35. The third-order valence-corrected chi connectivity index (χ3v) is 9.20. The Morgan fingerprint density at radius 2 is 1.65 bits per heavy atom. The van der Waals surface area contributed by atoms with Crippen LogP contribution in [0.2, 0.25) is 0 Å². The average molecular weight is 523 g/mol. The number of nitrogens with one attached hydrogen (secondary N) is 1. The highest BCUT2D eigenvalue weighted by molar-refractivity contribution is 7.56. The van der Waals surface area contributed by atoms with Gasteiger partial charge in [0.2, 0.25) is 5.91 Å². The Morgan fingerprint density at radius 1 is 0.946 bits per heavy atom. The monoisotopic (exact) mass is 522 g/mol. The van der Waals surface area contributed by atoms with E-state index in [9.17, 15) is 9.36 Å². The molecule has 1 saturated heterocycles. The maximum atomic E-state index is 14.1. The van der Waals surface area contributed by atoms with Crippen LogP contribution in [0.3, 0.4) is 0 Å². The number of ether oxygens (including phenoxy) is 2. The highest BCUT2D eigenvalue weighted by Gasteiger charge is 2.45. The van der Waals surface area contributed by atoms with Crippen molar-refractivity contribution in [1.29, 1.82) is 0 Å². The van der Waals surface area contributed by atoms with Crippen LogP contribution in [0.25, 0.3) is 0 Å². The van der Waals surface area contributed by atoms with E-state index in [1.807, 2.05) is 79.7 Å². The van der Waals surface area contributed by atoms with Crippen molar-refractivity contribution in [2.45, 2.75) is 31.3 Å². The first kappa shape index (κ1) is 26.8. The molecule has 1 aliphatic rings. The van der Waals surface area contributed by atoms with E-state index >= 15 is 0 Å². The minimum absolute atomic E-state index is 0.128. The first-order chi connectivity index (χ1) is 17.8. The number of hydrogen-bond acceptors (Lipinski definition) is 6. The van der Waals surface area contributed by atoms with Crippen LogP contribution in [0.15, 0.2) is 72.8 Å². The van der Waals surface area contributed by atoms with Gasteiger partial charge in [-0.2, -0.15) is 0 Å². The molecule has 1 atom stereocenters. The number of para-hydroxylation sites is 2. The van der Waals surface area contributed by atoms with Crippen LogP contribution in [0.1, 0.15) is 29.5 Å². The molecule has 7 nitrogen and oxygen atoms in total. The fourth-order valence-corrected chi connectivity index (χ4v) is 6.64. The van der Waals surface area contributed by atoms with Crippen LogP contribution in [0.4, 0.5) is 5.69 Å². The van der Waals surface area contributed by atoms with E-state index in [2.05, 4.69) is 9.99 Å². The largest absolute Gasteiger partial charge is 0.497 e. The highest BCUT2D eigenvalue weighted by atomic mass is 31.2. The van der Waals surface area contributed by atoms with E-state index < -0.39 is 12.9 Å². The molecule has 0 bridgehead atoms. The predicted octanol–water partition coefficient (Wildman–Crippen LogP) is 5.71.